The minimum Gasteiger partial charge on any atom is -0.310 e. The molecule has 0 aliphatic rings. The Morgan fingerprint density at radius 3 is 2.65 bits per heavy atom. The molecule has 0 spiro atoms. The maximum atomic E-state index is 4.11. The monoisotopic (exact) mass is 226 g/mol. The Kier molecular flexibility index (Phi) is 4.28. The smallest absolute Gasteiger partial charge is 0.0300 e. The molecule has 1 heterocycles. The van der Waals surface area contributed by atoms with E-state index in [-0.39, 0.29) is 0 Å². The minimum absolute atomic E-state index is 0.396. The number of rotatable bonds is 5. The van der Waals surface area contributed by atoms with Gasteiger partial charge in [-0.05, 0) is 37.1 Å². The number of hydrogen-bond donors (Lipinski definition) is 1. The molecule has 1 aromatic heterocycles. The molecule has 17 heavy (non-hydrogen) atoms. The predicted molar refractivity (Wildman–Crippen MR) is 70.8 cm³/mol. The van der Waals surface area contributed by atoms with Crippen LogP contribution in [0.2, 0.25) is 0 Å². The van der Waals surface area contributed by atoms with Crippen molar-refractivity contribution in [2.24, 2.45) is 0 Å². The lowest BCUT2D eigenvalue weighted by atomic mass is 10.1. The highest BCUT2D eigenvalue weighted by Gasteiger charge is 2.02. The topological polar surface area (TPSA) is 24.9 Å². The summed E-state index contributed by atoms with van der Waals surface area (Å²) in [6.45, 7) is 3.17. The summed E-state index contributed by atoms with van der Waals surface area (Å²) in [6, 6.07) is 15.0. The molecule has 0 radical (unpaired) electrons. The van der Waals surface area contributed by atoms with Crippen LogP contribution in [0.25, 0.3) is 0 Å². The fraction of sp³-hybridized carbons (Fsp3) is 0.267. The van der Waals surface area contributed by atoms with Crippen LogP contribution in [0.4, 0.5) is 0 Å². The van der Waals surface area contributed by atoms with Gasteiger partial charge in [-0.1, -0.05) is 36.4 Å². The minimum atomic E-state index is 0.396. The molecule has 0 amide bonds. The average Bonchev–Trinajstić information content (AvgIpc) is 2.41. The van der Waals surface area contributed by atoms with Crippen LogP contribution in [-0.2, 0) is 6.42 Å². The van der Waals surface area contributed by atoms with Gasteiger partial charge in [0.1, 0.15) is 0 Å². The molecule has 0 aliphatic carbocycles. The van der Waals surface area contributed by atoms with E-state index in [9.17, 15) is 0 Å². The van der Waals surface area contributed by atoms with Crippen molar-refractivity contribution >= 4 is 0 Å². The van der Waals surface area contributed by atoms with Gasteiger partial charge in [-0.3, -0.25) is 4.98 Å². The van der Waals surface area contributed by atoms with E-state index < -0.39 is 0 Å². The lowest BCUT2D eigenvalue weighted by Crippen LogP contribution is -2.21. The van der Waals surface area contributed by atoms with Crippen LogP contribution >= 0.6 is 0 Å². The van der Waals surface area contributed by atoms with Crippen molar-refractivity contribution < 1.29 is 0 Å². The van der Waals surface area contributed by atoms with Crippen molar-refractivity contribution in [2.75, 3.05) is 6.54 Å². The van der Waals surface area contributed by atoms with Crippen LogP contribution in [0.15, 0.2) is 54.9 Å². The van der Waals surface area contributed by atoms with Gasteiger partial charge >= 0.3 is 0 Å². The van der Waals surface area contributed by atoms with Crippen molar-refractivity contribution in [3.63, 3.8) is 0 Å². The Morgan fingerprint density at radius 1 is 1.12 bits per heavy atom. The lowest BCUT2D eigenvalue weighted by molar-refractivity contribution is 0.576. The van der Waals surface area contributed by atoms with Gasteiger partial charge in [0.2, 0.25) is 0 Å². The average molecular weight is 226 g/mol. The van der Waals surface area contributed by atoms with E-state index >= 15 is 0 Å². The molecule has 2 rings (SSSR count). The molecule has 0 saturated carbocycles. The first-order chi connectivity index (χ1) is 8.36. The number of benzene rings is 1. The van der Waals surface area contributed by atoms with Crippen molar-refractivity contribution in [3.8, 4) is 0 Å². The van der Waals surface area contributed by atoms with Gasteiger partial charge < -0.3 is 5.32 Å². The molecule has 1 atom stereocenters. The molecule has 2 heteroatoms. The lowest BCUT2D eigenvalue weighted by Gasteiger charge is -2.13. The van der Waals surface area contributed by atoms with E-state index in [0.717, 1.165) is 13.0 Å². The first kappa shape index (κ1) is 11.8. The van der Waals surface area contributed by atoms with E-state index in [4.69, 9.17) is 0 Å². The molecule has 0 unspecified atom stereocenters. The summed E-state index contributed by atoms with van der Waals surface area (Å²) in [4.78, 5) is 4.11. The van der Waals surface area contributed by atoms with Crippen LogP contribution in [0.3, 0.4) is 0 Å². The third kappa shape index (κ3) is 3.68. The van der Waals surface area contributed by atoms with Crippen molar-refractivity contribution in [1.29, 1.82) is 0 Å². The summed E-state index contributed by atoms with van der Waals surface area (Å²) >= 11 is 0. The second-order valence-electron chi connectivity index (χ2n) is 4.20. The quantitative estimate of drug-likeness (QED) is 0.847. The maximum absolute atomic E-state index is 4.11. The molecule has 0 fully saturated rings. The van der Waals surface area contributed by atoms with Crippen LogP contribution in [-0.4, -0.2) is 11.5 Å². The number of nitrogens with zero attached hydrogens (tertiary/aromatic N) is 1. The van der Waals surface area contributed by atoms with Crippen molar-refractivity contribution in [2.45, 2.75) is 19.4 Å². The number of aromatic nitrogens is 1. The third-order valence-corrected chi connectivity index (χ3v) is 2.89. The SMILES string of the molecule is C[C@H](NCCc1cccnc1)c1ccccc1. The summed E-state index contributed by atoms with van der Waals surface area (Å²) in [5, 5.41) is 3.52. The largest absolute Gasteiger partial charge is 0.310 e. The summed E-state index contributed by atoms with van der Waals surface area (Å²) in [6.07, 6.45) is 4.75. The molecule has 2 aromatic rings. The molecular weight excluding hydrogens is 208 g/mol. The van der Waals surface area contributed by atoms with Crippen LogP contribution in [0, 0.1) is 0 Å². The zero-order chi connectivity index (χ0) is 11.9. The molecule has 88 valence electrons. The molecule has 0 bridgehead atoms. The Balaban J connectivity index is 1.79. The van der Waals surface area contributed by atoms with E-state index in [0.29, 0.717) is 6.04 Å². The second kappa shape index (κ2) is 6.16. The van der Waals surface area contributed by atoms with Crippen LogP contribution < -0.4 is 5.32 Å². The van der Waals surface area contributed by atoms with Crippen LogP contribution in [0.1, 0.15) is 24.1 Å². The zero-order valence-electron chi connectivity index (χ0n) is 10.1. The first-order valence-electron chi connectivity index (χ1n) is 6.03. The van der Waals surface area contributed by atoms with E-state index in [2.05, 4.69) is 47.6 Å². The molecular formula is C15H18N2. The normalized spacial score (nSPS) is 12.3. The van der Waals surface area contributed by atoms with Gasteiger partial charge in [-0.2, -0.15) is 0 Å². The Hall–Kier alpha value is -1.67. The number of pyridine rings is 1. The summed E-state index contributed by atoms with van der Waals surface area (Å²) < 4.78 is 0. The zero-order valence-corrected chi connectivity index (χ0v) is 10.1. The van der Waals surface area contributed by atoms with Gasteiger partial charge in [0, 0.05) is 18.4 Å². The highest BCUT2D eigenvalue weighted by Crippen LogP contribution is 2.10. The molecule has 1 aromatic carbocycles. The highest BCUT2D eigenvalue weighted by molar-refractivity contribution is 5.18. The van der Waals surface area contributed by atoms with Gasteiger partial charge in [0.25, 0.3) is 0 Å². The Morgan fingerprint density at radius 2 is 1.94 bits per heavy atom. The van der Waals surface area contributed by atoms with E-state index in [1.54, 1.807) is 0 Å². The second-order valence-corrected chi connectivity index (χ2v) is 4.20. The van der Waals surface area contributed by atoms with E-state index in [1.165, 1.54) is 11.1 Å². The number of nitrogens with one attached hydrogen (secondary N) is 1. The molecule has 0 aliphatic heterocycles. The summed E-state index contributed by atoms with van der Waals surface area (Å²) in [5.74, 6) is 0. The van der Waals surface area contributed by atoms with Crippen molar-refractivity contribution in [1.82, 2.24) is 10.3 Å². The predicted octanol–water partition coefficient (Wildman–Crippen LogP) is 2.97. The number of hydrogen-bond acceptors (Lipinski definition) is 2. The first-order valence-corrected chi connectivity index (χ1v) is 6.03. The van der Waals surface area contributed by atoms with Gasteiger partial charge in [-0.25, -0.2) is 0 Å². The molecule has 0 saturated heterocycles. The highest BCUT2D eigenvalue weighted by atomic mass is 14.9. The maximum Gasteiger partial charge on any atom is 0.0300 e. The van der Waals surface area contributed by atoms with Gasteiger partial charge in [0.05, 0.1) is 0 Å². The summed E-state index contributed by atoms with van der Waals surface area (Å²) in [5.41, 5.74) is 2.61. The molecule has 2 nitrogen and oxygen atoms in total. The van der Waals surface area contributed by atoms with Crippen molar-refractivity contribution in [3.05, 3.63) is 66.0 Å². The fourth-order valence-corrected chi connectivity index (χ4v) is 1.84. The Labute approximate surface area is 103 Å². The Bertz CT molecular complexity index is 425. The standard InChI is InChI=1S/C15H18N2/c1-13(15-7-3-2-4-8-15)17-11-9-14-6-5-10-16-12-14/h2-8,10,12-13,17H,9,11H2,1H3/t13-/m0/s1. The molecule has 1 N–H and O–H groups in total. The van der Waals surface area contributed by atoms with Crippen LogP contribution in [0.5, 0.6) is 0 Å². The van der Waals surface area contributed by atoms with E-state index in [1.807, 2.05) is 24.5 Å². The summed E-state index contributed by atoms with van der Waals surface area (Å²) in [7, 11) is 0. The van der Waals surface area contributed by atoms with Gasteiger partial charge in [0.15, 0.2) is 0 Å². The fourth-order valence-electron chi connectivity index (χ4n) is 1.84. The van der Waals surface area contributed by atoms with Gasteiger partial charge in [-0.15, -0.1) is 0 Å². The third-order valence-electron chi connectivity index (χ3n) is 2.89.